The van der Waals surface area contributed by atoms with E-state index in [2.05, 4.69) is 0 Å². The summed E-state index contributed by atoms with van der Waals surface area (Å²) < 4.78 is 18.5. The number of hydrogen-bond donors (Lipinski definition) is 1. The number of benzene rings is 1. The van der Waals surface area contributed by atoms with E-state index in [0.717, 1.165) is 0 Å². The van der Waals surface area contributed by atoms with E-state index in [-0.39, 0.29) is 11.8 Å². The minimum absolute atomic E-state index is 0.130. The van der Waals surface area contributed by atoms with Gasteiger partial charge in [0.25, 0.3) is 0 Å². The van der Waals surface area contributed by atoms with Crippen molar-refractivity contribution >= 4 is 11.6 Å². The molecule has 4 heteroatoms. The largest absolute Gasteiger partial charge is 0.494 e. The Bertz CT molecular complexity index is 328. The first-order valence-corrected chi connectivity index (χ1v) is 4.70. The maximum absolute atomic E-state index is 13.6. The first kappa shape index (κ1) is 11.3. The molecule has 0 aliphatic heterocycles. The molecule has 0 radical (unpaired) electrons. The highest BCUT2D eigenvalue weighted by molar-refractivity contribution is 6.31. The molecule has 1 atom stereocenters. The summed E-state index contributed by atoms with van der Waals surface area (Å²) in [5.74, 6) is -0.220. The Kier molecular flexibility index (Phi) is 3.72. The van der Waals surface area contributed by atoms with Gasteiger partial charge < -0.3 is 10.5 Å². The highest BCUT2D eigenvalue weighted by atomic mass is 35.5. The van der Waals surface area contributed by atoms with Gasteiger partial charge in [-0.1, -0.05) is 11.6 Å². The van der Waals surface area contributed by atoms with Crippen LogP contribution < -0.4 is 10.5 Å². The summed E-state index contributed by atoms with van der Waals surface area (Å²) in [7, 11) is 1.42. The normalized spacial score (nSPS) is 12.6. The molecule has 1 unspecified atom stereocenters. The van der Waals surface area contributed by atoms with Crippen molar-refractivity contribution in [3.8, 4) is 5.75 Å². The maximum Gasteiger partial charge on any atom is 0.169 e. The molecule has 0 amide bonds. The number of ether oxygens (including phenoxy) is 1. The Morgan fingerprint density at radius 2 is 2.21 bits per heavy atom. The Balaban J connectivity index is 3.11. The lowest BCUT2D eigenvalue weighted by Crippen LogP contribution is -2.19. The molecule has 0 bridgehead atoms. The first-order chi connectivity index (χ1) is 6.56. The van der Waals surface area contributed by atoms with Crippen LogP contribution in [0.2, 0.25) is 5.02 Å². The lowest BCUT2D eigenvalue weighted by molar-refractivity contribution is 0.383. The van der Waals surface area contributed by atoms with Crippen molar-refractivity contribution in [3.63, 3.8) is 0 Å². The van der Waals surface area contributed by atoms with Gasteiger partial charge in [0.2, 0.25) is 0 Å². The van der Waals surface area contributed by atoms with Gasteiger partial charge in [0.15, 0.2) is 11.6 Å². The van der Waals surface area contributed by atoms with E-state index < -0.39 is 5.82 Å². The topological polar surface area (TPSA) is 35.2 Å². The second-order valence-electron chi connectivity index (χ2n) is 3.22. The molecule has 2 nitrogen and oxygen atoms in total. The first-order valence-electron chi connectivity index (χ1n) is 4.32. The maximum atomic E-state index is 13.6. The molecule has 1 rings (SSSR count). The summed E-state index contributed by atoms with van der Waals surface area (Å²) in [6, 6.07) is 2.98. The molecule has 14 heavy (non-hydrogen) atoms. The van der Waals surface area contributed by atoms with Gasteiger partial charge in [-0.15, -0.1) is 0 Å². The molecule has 0 spiro atoms. The zero-order chi connectivity index (χ0) is 10.7. The SMILES string of the molecule is COc1ccc(Cl)c(CC(C)N)c1F. The van der Waals surface area contributed by atoms with Crippen molar-refractivity contribution in [1.82, 2.24) is 0 Å². The molecule has 0 fully saturated rings. The van der Waals surface area contributed by atoms with Crippen LogP contribution in [0, 0.1) is 5.82 Å². The highest BCUT2D eigenvalue weighted by Gasteiger charge is 2.13. The number of hydrogen-bond acceptors (Lipinski definition) is 2. The van der Waals surface area contributed by atoms with Crippen molar-refractivity contribution in [3.05, 3.63) is 28.5 Å². The summed E-state index contributed by atoms with van der Waals surface area (Å²) in [5, 5.41) is 0.389. The molecular formula is C10H13ClFNO. The highest BCUT2D eigenvalue weighted by Crippen LogP contribution is 2.27. The van der Waals surface area contributed by atoms with Gasteiger partial charge in [0, 0.05) is 16.6 Å². The smallest absolute Gasteiger partial charge is 0.169 e. The van der Waals surface area contributed by atoms with Crippen LogP contribution in [-0.4, -0.2) is 13.2 Å². The molecule has 1 aromatic rings. The zero-order valence-corrected chi connectivity index (χ0v) is 8.94. The minimum Gasteiger partial charge on any atom is -0.494 e. The van der Waals surface area contributed by atoms with Crippen LogP contribution in [0.25, 0.3) is 0 Å². The fourth-order valence-corrected chi connectivity index (χ4v) is 1.47. The summed E-state index contributed by atoms with van der Waals surface area (Å²) in [5.41, 5.74) is 6.01. The van der Waals surface area contributed by atoms with E-state index in [1.165, 1.54) is 13.2 Å². The molecule has 0 aliphatic carbocycles. The van der Waals surface area contributed by atoms with Crippen molar-refractivity contribution in [2.24, 2.45) is 5.73 Å². The van der Waals surface area contributed by atoms with E-state index in [1.807, 2.05) is 0 Å². The fraction of sp³-hybridized carbons (Fsp3) is 0.400. The van der Waals surface area contributed by atoms with Crippen molar-refractivity contribution < 1.29 is 9.13 Å². The Hall–Kier alpha value is -0.800. The Labute approximate surface area is 87.8 Å². The third-order valence-corrected chi connectivity index (χ3v) is 2.25. The van der Waals surface area contributed by atoms with Gasteiger partial charge in [-0.05, 0) is 25.5 Å². The predicted molar refractivity (Wildman–Crippen MR) is 55.3 cm³/mol. The average molecular weight is 218 g/mol. The van der Waals surface area contributed by atoms with Crippen molar-refractivity contribution in [2.75, 3.05) is 7.11 Å². The summed E-state index contributed by atoms with van der Waals surface area (Å²) >= 11 is 5.85. The van der Waals surface area contributed by atoms with E-state index in [4.69, 9.17) is 22.1 Å². The van der Waals surface area contributed by atoms with Crippen LogP contribution in [-0.2, 0) is 6.42 Å². The number of rotatable bonds is 3. The monoisotopic (exact) mass is 217 g/mol. The van der Waals surface area contributed by atoms with Crippen LogP contribution in [0.3, 0.4) is 0 Å². The molecule has 0 heterocycles. The second kappa shape index (κ2) is 4.62. The van der Waals surface area contributed by atoms with Crippen LogP contribution >= 0.6 is 11.6 Å². The Morgan fingerprint density at radius 1 is 1.57 bits per heavy atom. The summed E-state index contributed by atoms with van der Waals surface area (Å²) in [4.78, 5) is 0. The quantitative estimate of drug-likeness (QED) is 0.844. The minimum atomic E-state index is -0.419. The second-order valence-corrected chi connectivity index (χ2v) is 3.63. The fourth-order valence-electron chi connectivity index (χ4n) is 1.24. The summed E-state index contributed by atoms with van der Waals surface area (Å²) in [6.45, 7) is 1.80. The van der Waals surface area contributed by atoms with Crippen LogP contribution in [0.4, 0.5) is 4.39 Å². The molecule has 0 saturated carbocycles. The Morgan fingerprint density at radius 3 is 2.71 bits per heavy atom. The third kappa shape index (κ3) is 2.36. The molecule has 2 N–H and O–H groups in total. The van der Waals surface area contributed by atoms with E-state index in [0.29, 0.717) is 17.0 Å². The summed E-state index contributed by atoms with van der Waals surface area (Å²) in [6.07, 6.45) is 0.405. The average Bonchev–Trinajstić information content (AvgIpc) is 2.12. The van der Waals surface area contributed by atoms with Crippen LogP contribution in [0.15, 0.2) is 12.1 Å². The third-order valence-electron chi connectivity index (χ3n) is 1.90. The van der Waals surface area contributed by atoms with Gasteiger partial charge in [-0.3, -0.25) is 0 Å². The molecule has 78 valence electrons. The van der Waals surface area contributed by atoms with Gasteiger partial charge in [-0.25, -0.2) is 4.39 Å². The van der Waals surface area contributed by atoms with E-state index in [1.54, 1.807) is 13.0 Å². The molecule has 0 saturated heterocycles. The van der Waals surface area contributed by atoms with Gasteiger partial charge in [-0.2, -0.15) is 0 Å². The van der Waals surface area contributed by atoms with Gasteiger partial charge in [0.1, 0.15) is 0 Å². The standard InChI is InChI=1S/C10H13ClFNO/c1-6(13)5-7-8(11)3-4-9(14-2)10(7)12/h3-4,6H,5,13H2,1-2H3. The molecule has 0 aliphatic rings. The van der Waals surface area contributed by atoms with Gasteiger partial charge >= 0.3 is 0 Å². The van der Waals surface area contributed by atoms with E-state index in [9.17, 15) is 4.39 Å². The van der Waals surface area contributed by atoms with Crippen LogP contribution in [0.1, 0.15) is 12.5 Å². The molecular weight excluding hydrogens is 205 g/mol. The number of nitrogens with two attached hydrogens (primary N) is 1. The van der Waals surface area contributed by atoms with E-state index >= 15 is 0 Å². The van der Waals surface area contributed by atoms with Gasteiger partial charge in [0.05, 0.1) is 7.11 Å². The lowest BCUT2D eigenvalue weighted by Gasteiger charge is -2.11. The molecule has 1 aromatic carbocycles. The zero-order valence-electron chi connectivity index (χ0n) is 8.18. The number of methoxy groups -OCH3 is 1. The van der Waals surface area contributed by atoms with Crippen LogP contribution in [0.5, 0.6) is 5.75 Å². The lowest BCUT2D eigenvalue weighted by atomic mass is 10.1. The van der Waals surface area contributed by atoms with Crippen molar-refractivity contribution in [2.45, 2.75) is 19.4 Å². The predicted octanol–water partition coefficient (Wildman–Crippen LogP) is 2.38. The number of halogens is 2. The van der Waals surface area contributed by atoms with Crippen molar-refractivity contribution in [1.29, 1.82) is 0 Å². The molecule has 0 aromatic heterocycles.